The van der Waals surface area contributed by atoms with E-state index < -0.39 is 0 Å². The van der Waals surface area contributed by atoms with Gasteiger partial charge in [-0.05, 0) is 60.2 Å². The van der Waals surface area contributed by atoms with Crippen LogP contribution in [0.4, 0.5) is 0 Å². The molecule has 3 aliphatic rings. The van der Waals surface area contributed by atoms with E-state index in [0.29, 0.717) is 0 Å². The average Bonchev–Trinajstić information content (AvgIpc) is 2.97. The van der Waals surface area contributed by atoms with Crippen molar-refractivity contribution in [1.29, 1.82) is 0 Å². The highest BCUT2D eigenvalue weighted by Gasteiger charge is 2.90. The van der Waals surface area contributed by atoms with Crippen LogP contribution < -0.4 is 0 Å². The van der Waals surface area contributed by atoms with Gasteiger partial charge in [-0.1, -0.05) is 27.7 Å². The van der Waals surface area contributed by atoms with Crippen molar-refractivity contribution >= 4 is 0 Å². The summed E-state index contributed by atoms with van der Waals surface area (Å²) < 4.78 is 0. The predicted octanol–water partition coefficient (Wildman–Crippen LogP) is 4.10. The molecule has 80 valence electrons. The topological polar surface area (TPSA) is 0 Å². The molecule has 0 aromatic rings. The molecular weight excluding hydrogens is 168 g/mol. The number of fused-ring (bicyclic) bond motifs is 4. The summed E-state index contributed by atoms with van der Waals surface area (Å²) in [4.78, 5) is 0. The van der Waals surface area contributed by atoms with Crippen molar-refractivity contribution in [3.05, 3.63) is 0 Å². The van der Waals surface area contributed by atoms with Gasteiger partial charge in [0, 0.05) is 0 Å². The van der Waals surface area contributed by atoms with Crippen molar-refractivity contribution in [1.82, 2.24) is 0 Å². The summed E-state index contributed by atoms with van der Waals surface area (Å²) in [6.45, 7) is 9.67. The van der Waals surface area contributed by atoms with Gasteiger partial charge < -0.3 is 0 Å². The van der Waals surface area contributed by atoms with E-state index in [1.54, 1.807) is 0 Å². The Bertz CT molecular complexity index is 201. The Balaban J connectivity index is 1.77. The molecule has 0 N–H and O–H groups in total. The van der Waals surface area contributed by atoms with Gasteiger partial charge in [0.1, 0.15) is 0 Å². The summed E-state index contributed by atoms with van der Waals surface area (Å²) in [5, 5.41) is 0. The lowest BCUT2D eigenvalue weighted by atomic mass is 9.88. The first-order valence-corrected chi connectivity index (χ1v) is 6.73. The van der Waals surface area contributed by atoms with Crippen LogP contribution in [0, 0.1) is 34.5 Å². The van der Waals surface area contributed by atoms with E-state index in [0.717, 1.165) is 10.8 Å². The molecule has 0 bridgehead atoms. The standard InChI is InChI=1S/C14H24/c1-5-13(6-2)9-10(13)12-11(9)14(12,7-3)8-4/h9-12H,5-8H2,1-4H3. The zero-order chi connectivity index (χ0) is 10.1. The molecule has 0 amide bonds. The Morgan fingerprint density at radius 3 is 0.929 bits per heavy atom. The lowest BCUT2D eigenvalue weighted by Gasteiger charge is -2.17. The molecule has 3 fully saturated rings. The molecular formula is C14H24. The van der Waals surface area contributed by atoms with Crippen LogP contribution in [-0.4, -0.2) is 0 Å². The summed E-state index contributed by atoms with van der Waals surface area (Å²) in [6.07, 6.45) is 5.81. The third-order valence-corrected chi connectivity index (χ3v) is 6.62. The van der Waals surface area contributed by atoms with Crippen molar-refractivity contribution in [3.8, 4) is 0 Å². The minimum atomic E-state index is 0.836. The van der Waals surface area contributed by atoms with Gasteiger partial charge in [-0.2, -0.15) is 0 Å². The van der Waals surface area contributed by atoms with Crippen LogP contribution in [0.25, 0.3) is 0 Å². The van der Waals surface area contributed by atoms with Gasteiger partial charge in [-0.15, -0.1) is 0 Å². The maximum Gasteiger partial charge on any atom is -0.0234 e. The fourth-order valence-electron chi connectivity index (χ4n) is 5.68. The van der Waals surface area contributed by atoms with Gasteiger partial charge in [-0.25, -0.2) is 0 Å². The maximum atomic E-state index is 2.42. The van der Waals surface area contributed by atoms with E-state index in [1.807, 2.05) is 0 Å². The second-order valence-electron chi connectivity index (χ2n) is 5.98. The van der Waals surface area contributed by atoms with E-state index >= 15 is 0 Å². The molecule has 0 atom stereocenters. The Labute approximate surface area is 88.5 Å². The molecule has 0 spiro atoms. The molecule has 0 unspecified atom stereocenters. The second-order valence-corrected chi connectivity index (χ2v) is 5.98. The van der Waals surface area contributed by atoms with Crippen LogP contribution >= 0.6 is 0 Å². The molecule has 0 aromatic heterocycles. The van der Waals surface area contributed by atoms with Crippen molar-refractivity contribution in [2.45, 2.75) is 53.4 Å². The zero-order valence-electron chi connectivity index (χ0n) is 10.1. The highest BCUT2D eigenvalue weighted by atomic mass is 14.9. The van der Waals surface area contributed by atoms with Gasteiger partial charge in [0.15, 0.2) is 0 Å². The Kier molecular flexibility index (Phi) is 1.58. The first-order chi connectivity index (χ1) is 6.73. The van der Waals surface area contributed by atoms with Crippen molar-refractivity contribution in [2.75, 3.05) is 0 Å². The highest BCUT2D eigenvalue weighted by molar-refractivity contribution is 5.37. The minimum Gasteiger partial charge on any atom is -0.0648 e. The fourth-order valence-corrected chi connectivity index (χ4v) is 5.68. The first-order valence-electron chi connectivity index (χ1n) is 6.73. The highest BCUT2D eigenvalue weighted by Crippen LogP contribution is 2.95. The third-order valence-electron chi connectivity index (χ3n) is 6.62. The summed E-state index contributed by atoms with van der Waals surface area (Å²) >= 11 is 0. The van der Waals surface area contributed by atoms with E-state index in [4.69, 9.17) is 0 Å². The monoisotopic (exact) mass is 192 g/mol. The van der Waals surface area contributed by atoms with E-state index in [-0.39, 0.29) is 0 Å². The van der Waals surface area contributed by atoms with Gasteiger partial charge >= 0.3 is 0 Å². The largest absolute Gasteiger partial charge is 0.0648 e. The SMILES string of the molecule is CCC1(CC)C2C1C1C2C1(CC)CC. The molecule has 3 saturated carbocycles. The van der Waals surface area contributed by atoms with Gasteiger partial charge in [0.05, 0.1) is 0 Å². The molecule has 0 heteroatoms. The molecule has 0 aliphatic heterocycles. The molecule has 0 nitrogen and oxygen atoms in total. The summed E-state index contributed by atoms with van der Waals surface area (Å²) in [7, 11) is 0. The molecule has 0 saturated heterocycles. The molecule has 0 radical (unpaired) electrons. The zero-order valence-corrected chi connectivity index (χ0v) is 10.1. The summed E-state index contributed by atoms with van der Waals surface area (Å²) in [6, 6.07) is 0. The Morgan fingerprint density at radius 1 is 0.571 bits per heavy atom. The Hall–Kier alpha value is 0. The van der Waals surface area contributed by atoms with E-state index in [9.17, 15) is 0 Å². The van der Waals surface area contributed by atoms with Crippen LogP contribution in [0.15, 0.2) is 0 Å². The molecule has 0 aromatic carbocycles. The van der Waals surface area contributed by atoms with Crippen LogP contribution in [0.3, 0.4) is 0 Å². The van der Waals surface area contributed by atoms with Crippen molar-refractivity contribution < 1.29 is 0 Å². The van der Waals surface area contributed by atoms with Crippen LogP contribution in [0.2, 0.25) is 0 Å². The molecule has 3 rings (SSSR count). The molecule has 3 aliphatic carbocycles. The quantitative estimate of drug-likeness (QED) is 0.629. The van der Waals surface area contributed by atoms with Crippen molar-refractivity contribution in [3.63, 3.8) is 0 Å². The molecule has 0 heterocycles. The normalized spacial score (nSPS) is 48.9. The minimum absolute atomic E-state index is 0.836. The van der Waals surface area contributed by atoms with E-state index in [1.165, 1.54) is 49.4 Å². The second kappa shape index (κ2) is 2.39. The fraction of sp³-hybridized carbons (Fsp3) is 1.00. The predicted molar refractivity (Wildman–Crippen MR) is 60.0 cm³/mol. The Morgan fingerprint density at radius 2 is 0.786 bits per heavy atom. The van der Waals surface area contributed by atoms with Crippen LogP contribution in [0.1, 0.15) is 53.4 Å². The smallest absolute Gasteiger partial charge is 0.0234 e. The lowest BCUT2D eigenvalue weighted by Crippen LogP contribution is -2.08. The first kappa shape index (κ1) is 9.24. The third kappa shape index (κ3) is 0.630. The summed E-state index contributed by atoms with van der Waals surface area (Å²) in [5.41, 5.74) is 1.67. The molecule has 14 heavy (non-hydrogen) atoms. The van der Waals surface area contributed by atoms with Gasteiger partial charge in [-0.3, -0.25) is 0 Å². The van der Waals surface area contributed by atoms with Crippen LogP contribution in [-0.2, 0) is 0 Å². The van der Waals surface area contributed by atoms with E-state index in [2.05, 4.69) is 27.7 Å². The van der Waals surface area contributed by atoms with Gasteiger partial charge in [0.25, 0.3) is 0 Å². The van der Waals surface area contributed by atoms with Crippen molar-refractivity contribution in [2.24, 2.45) is 34.5 Å². The average molecular weight is 192 g/mol. The number of rotatable bonds is 4. The maximum absolute atomic E-state index is 2.42. The summed E-state index contributed by atoms with van der Waals surface area (Å²) in [5.74, 6) is 4.68. The van der Waals surface area contributed by atoms with Gasteiger partial charge in [0.2, 0.25) is 0 Å². The van der Waals surface area contributed by atoms with Crippen LogP contribution in [0.5, 0.6) is 0 Å². The lowest BCUT2D eigenvalue weighted by molar-refractivity contribution is 0.324. The number of hydrogen-bond acceptors (Lipinski definition) is 0. The number of hydrogen-bond donors (Lipinski definition) is 0.